The van der Waals surface area contributed by atoms with Gasteiger partial charge in [-0.05, 0) is 12.1 Å². The third kappa shape index (κ3) is 1.46. The summed E-state index contributed by atoms with van der Waals surface area (Å²) in [6.07, 6.45) is 0. The summed E-state index contributed by atoms with van der Waals surface area (Å²) in [5.41, 5.74) is 0.0312. The molecule has 1 aromatic carbocycles. The number of ether oxygens (including phenoxy) is 1. The van der Waals surface area contributed by atoms with Crippen molar-refractivity contribution >= 4 is 22.6 Å². The van der Waals surface area contributed by atoms with Crippen molar-refractivity contribution in [2.45, 2.75) is 0 Å². The number of fused-ring (bicyclic) bond motifs is 1. The zero-order valence-corrected chi connectivity index (χ0v) is 8.17. The molecule has 0 radical (unpaired) electrons. The highest BCUT2D eigenvalue weighted by Crippen LogP contribution is 2.27. The third-order valence-electron chi connectivity index (χ3n) is 1.90. The van der Waals surface area contributed by atoms with Gasteiger partial charge in [-0.15, -0.1) is 0 Å². The number of halogens is 1. The van der Waals surface area contributed by atoms with E-state index in [0.717, 1.165) is 0 Å². The first-order chi connectivity index (χ1) is 6.70. The van der Waals surface area contributed by atoms with Crippen LogP contribution in [0.15, 0.2) is 33.5 Å². The number of hydrogen-bond donors (Lipinski definition) is 0. The normalized spacial score (nSPS) is 10.4. The summed E-state index contributed by atoms with van der Waals surface area (Å²) in [5.74, 6) is 0.567. The van der Waals surface area contributed by atoms with Crippen LogP contribution in [0.1, 0.15) is 0 Å². The fourth-order valence-corrected chi connectivity index (χ4v) is 1.49. The Balaban J connectivity index is 2.83. The summed E-state index contributed by atoms with van der Waals surface area (Å²) < 4.78 is 9.96. The van der Waals surface area contributed by atoms with E-state index >= 15 is 0 Å². The molecule has 0 aliphatic heterocycles. The lowest BCUT2D eigenvalue weighted by molar-refractivity contribution is 0.414. The van der Waals surface area contributed by atoms with Gasteiger partial charge in [0.05, 0.1) is 12.1 Å². The molecule has 4 heteroatoms. The van der Waals surface area contributed by atoms with Gasteiger partial charge in [0.2, 0.25) is 0 Å². The molecule has 0 N–H and O–H groups in total. The van der Waals surface area contributed by atoms with Gasteiger partial charge >= 0.3 is 5.63 Å². The molecular weight excluding hydrogens is 204 g/mol. The van der Waals surface area contributed by atoms with Crippen molar-refractivity contribution < 1.29 is 9.15 Å². The predicted octanol–water partition coefficient (Wildman–Crippen LogP) is 2.46. The van der Waals surface area contributed by atoms with Crippen molar-refractivity contribution in [3.63, 3.8) is 0 Å². The largest absolute Gasteiger partial charge is 0.497 e. The lowest BCUT2D eigenvalue weighted by Crippen LogP contribution is -1.95. The highest BCUT2D eigenvalue weighted by molar-refractivity contribution is 6.35. The van der Waals surface area contributed by atoms with Crippen LogP contribution < -0.4 is 10.4 Å². The summed E-state index contributed by atoms with van der Waals surface area (Å²) in [6, 6.07) is 6.26. The summed E-state index contributed by atoms with van der Waals surface area (Å²) >= 11 is 5.95. The molecule has 2 aromatic rings. The molecule has 0 unspecified atom stereocenters. The van der Waals surface area contributed by atoms with E-state index in [4.69, 9.17) is 20.8 Å². The molecule has 2 rings (SSSR count). The number of rotatable bonds is 1. The van der Waals surface area contributed by atoms with Crippen molar-refractivity contribution in [3.05, 3.63) is 39.7 Å². The maximum Gasteiger partial charge on any atom is 0.336 e. The Labute approximate surface area is 84.9 Å². The summed E-state index contributed by atoms with van der Waals surface area (Å²) in [4.78, 5) is 10.9. The van der Waals surface area contributed by atoms with E-state index in [1.165, 1.54) is 13.2 Å². The van der Waals surface area contributed by atoms with E-state index in [2.05, 4.69) is 0 Å². The minimum atomic E-state index is -0.401. The number of benzene rings is 1. The van der Waals surface area contributed by atoms with Crippen LogP contribution in [0.3, 0.4) is 0 Å². The van der Waals surface area contributed by atoms with Crippen molar-refractivity contribution in [2.75, 3.05) is 7.11 Å². The van der Waals surface area contributed by atoms with Gasteiger partial charge in [-0.3, -0.25) is 0 Å². The van der Waals surface area contributed by atoms with E-state index in [1.807, 2.05) is 0 Å². The van der Waals surface area contributed by atoms with Gasteiger partial charge < -0.3 is 9.15 Å². The maximum atomic E-state index is 10.9. The van der Waals surface area contributed by atoms with Crippen LogP contribution in [0, 0.1) is 0 Å². The van der Waals surface area contributed by atoms with Gasteiger partial charge in [-0.1, -0.05) is 11.6 Å². The van der Waals surface area contributed by atoms with Crippen LogP contribution in [-0.2, 0) is 0 Å². The predicted molar refractivity (Wildman–Crippen MR) is 54.0 cm³/mol. The Bertz CT molecular complexity index is 530. The fraction of sp³-hybridized carbons (Fsp3) is 0.100. The smallest absolute Gasteiger partial charge is 0.336 e. The molecule has 0 fully saturated rings. The van der Waals surface area contributed by atoms with Crippen molar-refractivity contribution in [3.8, 4) is 5.75 Å². The summed E-state index contributed by atoms with van der Waals surface area (Å²) in [6.45, 7) is 0. The SMILES string of the molecule is COc1cc(Cl)c2ccc(=O)oc2c1. The summed E-state index contributed by atoms with van der Waals surface area (Å²) in [7, 11) is 1.53. The highest BCUT2D eigenvalue weighted by atomic mass is 35.5. The minimum absolute atomic E-state index is 0.401. The first-order valence-corrected chi connectivity index (χ1v) is 4.36. The molecule has 1 aromatic heterocycles. The standard InChI is InChI=1S/C10H7ClO3/c1-13-6-4-8(11)7-2-3-10(12)14-9(7)5-6/h2-5H,1H3. The van der Waals surface area contributed by atoms with Gasteiger partial charge in [-0.25, -0.2) is 4.79 Å². The average molecular weight is 211 g/mol. The van der Waals surface area contributed by atoms with Gasteiger partial charge in [0.1, 0.15) is 11.3 Å². The Kier molecular flexibility index (Phi) is 2.17. The number of methoxy groups -OCH3 is 1. The van der Waals surface area contributed by atoms with Crippen molar-refractivity contribution in [2.24, 2.45) is 0 Å². The Hall–Kier alpha value is -1.48. The van der Waals surface area contributed by atoms with Crippen LogP contribution >= 0.6 is 11.6 Å². The van der Waals surface area contributed by atoms with Gasteiger partial charge in [-0.2, -0.15) is 0 Å². The molecule has 3 nitrogen and oxygen atoms in total. The van der Waals surface area contributed by atoms with Crippen LogP contribution in [0.5, 0.6) is 5.75 Å². The molecule has 1 heterocycles. The molecule has 72 valence electrons. The van der Waals surface area contributed by atoms with E-state index in [1.54, 1.807) is 18.2 Å². The van der Waals surface area contributed by atoms with Gasteiger partial charge in [0, 0.05) is 17.5 Å². The second-order valence-electron chi connectivity index (χ2n) is 2.78. The fourth-order valence-electron chi connectivity index (χ4n) is 1.23. The van der Waals surface area contributed by atoms with Crippen LogP contribution in [0.25, 0.3) is 11.0 Å². The third-order valence-corrected chi connectivity index (χ3v) is 2.21. The van der Waals surface area contributed by atoms with E-state index in [0.29, 0.717) is 21.7 Å². The molecule has 0 saturated carbocycles. The second-order valence-corrected chi connectivity index (χ2v) is 3.18. The van der Waals surface area contributed by atoms with Crippen LogP contribution in [0.2, 0.25) is 5.02 Å². The first kappa shape index (κ1) is 9.09. The molecule has 0 amide bonds. The topological polar surface area (TPSA) is 39.4 Å². The molecule has 14 heavy (non-hydrogen) atoms. The van der Waals surface area contributed by atoms with Crippen LogP contribution in [-0.4, -0.2) is 7.11 Å². The summed E-state index contributed by atoms with van der Waals surface area (Å²) in [5, 5.41) is 1.20. The van der Waals surface area contributed by atoms with E-state index < -0.39 is 5.63 Å². The monoisotopic (exact) mass is 210 g/mol. The molecule has 0 aliphatic carbocycles. The van der Waals surface area contributed by atoms with Gasteiger partial charge in [0.15, 0.2) is 0 Å². The minimum Gasteiger partial charge on any atom is -0.497 e. The second kappa shape index (κ2) is 3.35. The zero-order valence-electron chi connectivity index (χ0n) is 7.41. The quantitative estimate of drug-likeness (QED) is 0.679. The highest BCUT2D eigenvalue weighted by Gasteiger charge is 2.04. The lowest BCUT2D eigenvalue weighted by atomic mass is 10.2. The zero-order chi connectivity index (χ0) is 10.1. The Morgan fingerprint density at radius 1 is 1.36 bits per heavy atom. The molecule has 0 bridgehead atoms. The van der Waals surface area contributed by atoms with Gasteiger partial charge in [0.25, 0.3) is 0 Å². The Morgan fingerprint density at radius 2 is 2.14 bits per heavy atom. The molecule has 0 spiro atoms. The van der Waals surface area contributed by atoms with E-state index in [9.17, 15) is 4.79 Å². The Morgan fingerprint density at radius 3 is 2.86 bits per heavy atom. The van der Waals surface area contributed by atoms with E-state index in [-0.39, 0.29) is 0 Å². The van der Waals surface area contributed by atoms with Crippen LogP contribution in [0.4, 0.5) is 0 Å². The molecule has 0 saturated heterocycles. The molecule has 0 atom stereocenters. The molecule has 0 aliphatic rings. The lowest BCUT2D eigenvalue weighted by Gasteiger charge is -2.02. The molecular formula is C10H7ClO3. The van der Waals surface area contributed by atoms with Crippen molar-refractivity contribution in [1.29, 1.82) is 0 Å². The maximum absolute atomic E-state index is 10.9. The first-order valence-electron chi connectivity index (χ1n) is 3.98. The van der Waals surface area contributed by atoms with Crippen molar-refractivity contribution in [1.82, 2.24) is 0 Å². The number of hydrogen-bond acceptors (Lipinski definition) is 3. The average Bonchev–Trinajstić information content (AvgIpc) is 2.16.